The molecule has 2 heterocycles. The third-order valence-electron chi connectivity index (χ3n) is 4.89. The van der Waals surface area contributed by atoms with Crippen LogP contribution in [0.3, 0.4) is 0 Å². The number of aromatic nitrogens is 2. The van der Waals surface area contributed by atoms with Gasteiger partial charge in [-0.1, -0.05) is 25.1 Å². The summed E-state index contributed by atoms with van der Waals surface area (Å²) in [5.74, 6) is 0.620. The van der Waals surface area contributed by atoms with Crippen molar-refractivity contribution in [1.82, 2.24) is 19.6 Å². The van der Waals surface area contributed by atoms with E-state index in [0.717, 1.165) is 19.3 Å². The molecule has 27 heavy (non-hydrogen) atoms. The van der Waals surface area contributed by atoms with Crippen molar-refractivity contribution >= 4 is 17.8 Å². The van der Waals surface area contributed by atoms with Crippen LogP contribution in [0.2, 0.25) is 0 Å². The van der Waals surface area contributed by atoms with Gasteiger partial charge in [0, 0.05) is 50.6 Å². The maximum absolute atomic E-state index is 12.7. The van der Waals surface area contributed by atoms with Crippen LogP contribution < -0.4 is 5.32 Å². The summed E-state index contributed by atoms with van der Waals surface area (Å²) in [6.07, 6.45) is 4.26. The standard InChI is InChI=1S/C20H27N5O2/c1-3-12-25(20(27)21-18-11-13-23(2)22-18)17-9-14-24(15-10-17)19(26)16-7-5-4-6-8-16/h4-8,11,13,17H,3,9-10,12,14-15H2,1-2H3,(H,21,22,27). The molecule has 144 valence electrons. The monoisotopic (exact) mass is 369 g/mol. The number of nitrogens with zero attached hydrogens (tertiary/aromatic N) is 4. The molecule has 3 amide bonds. The molecule has 1 N–H and O–H groups in total. The lowest BCUT2D eigenvalue weighted by molar-refractivity contribution is 0.0657. The number of nitrogens with one attached hydrogen (secondary N) is 1. The largest absolute Gasteiger partial charge is 0.338 e. The van der Waals surface area contributed by atoms with E-state index in [1.807, 2.05) is 47.2 Å². The first-order valence-electron chi connectivity index (χ1n) is 9.50. The Morgan fingerprint density at radius 1 is 1.19 bits per heavy atom. The number of piperidine rings is 1. The first-order chi connectivity index (χ1) is 13.1. The molecule has 0 spiro atoms. The van der Waals surface area contributed by atoms with Crippen molar-refractivity contribution in [3.05, 3.63) is 48.2 Å². The van der Waals surface area contributed by atoms with E-state index in [9.17, 15) is 9.59 Å². The number of likely N-dealkylation sites (tertiary alicyclic amines) is 1. The fourth-order valence-corrected chi connectivity index (χ4v) is 3.50. The van der Waals surface area contributed by atoms with Crippen LogP contribution in [0.5, 0.6) is 0 Å². The molecule has 2 aromatic rings. The topological polar surface area (TPSA) is 70.5 Å². The molecule has 1 aromatic carbocycles. The summed E-state index contributed by atoms with van der Waals surface area (Å²) in [6.45, 7) is 4.08. The van der Waals surface area contributed by atoms with Gasteiger partial charge in [0.25, 0.3) is 5.91 Å². The maximum atomic E-state index is 12.7. The molecule has 0 saturated carbocycles. The molecule has 1 fully saturated rings. The first-order valence-corrected chi connectivity index (χ1v) is 9.50. The Bertz CT molecular complexity index is 766. The Morgan fingerprint density at radius 2 is 1.89 bits per heavy atom. The van der Waals surface area contributed by atoms with Crippen molar-refractivity contribution in [3.8, 4) is 0 Å². The van der Waals surface area contributed by atoms with E-state index in [0.29, 0.717) is 31.0 Å². The SMILES string of the molecule is CCCN(C(=O)Nc1ccn(C)n1)C1CCN(C(=O)c2ccccc2)CC1. The normalized spacial score (nSPS) is 14.8. The number of amides is 3. The molecule has 0 atom stereocenters. The number of hydrogen-bond donors (Lipinski definition) is 1. The lowest BCUT2D eigenvalue weighted by Crippen LogP contribution is -2.50. The molecule has 1 aromatic heterocycles. The molecule has 1 saturated heterocycles. The van der Waals surface area contributed by atoms with E-state index in [4.69, 9.17) is 0 Å². The molecule has 3 rings (SSSR count). The number of anilines is 1. The summed E-state index contributed by atoms with van der Waals surface area (Å²) in [5.41, 5.74) is 0.717. The predicted octanol–water partition coefficient (Wildman–Crippen LogP) is 2.97. The van der Waals surface area contributed by atoms with E-state index in [-0.39, 0.29) is 18.0 Å². The Hall–Kier alpha value is -2.83. The molecule has 7 heteroatoms. The van der Waals surface area contributed by atoms with Crippen LogP contribution in [0.15, 0.2) is 42.6 Å². The van der Waals surface area contributed by atoms with E-state index in [1.54, 1.807) is 16.9 Å². The summed E-state index contributed by atoms with van der Waals surface area (Å²) in [6, 6.07) is 11.2. The summed E-state index contributed by atoms with van der Waals surface area (Å²) in [5, 5.41) is 7.09. The number of benzene rings is 1. The molecule has 1 aliphatic heterocycles. The van der Waals surface area contributed by atoms with Crippen LogP contribution in [-0.2, 0) is 7.05 Å². The van der Waals surface area contributed by atoms with Gasteiger partial charge in [-0.05, 0) is 31.4 Å². The van der Waals surface area contributed by atoms with Gasteiger partial charge in [-0.2, -0.15) is 5.10 Å². The predicted molar refractivity (Wildman–Crippen MR) is 105 cm³/mol. The summed E-state index contributed by atoms with van der Waals surface area (Å²) in [7, 11) is 1.82. The van der Waals surface area contributed by atoms with Gasteiger partial charge in [0.2, 0.25) is 0 Å². The molecule has 0 radical (unpaired) electrons. The molecular weight excluding hydrogens is 342 g/mol. The van der Waals surface area contributed by atoms with Gasteiger partial charge in [0.05, 0.1) is 0 Å². The van der Waals surface area contributed by atoms with E-state index in [2.05, 4.69) is 17.3 Å². The maximum Gasteiger partial charge on any atom is 0.323 e. The zero-order valence-corrected chi connectivity index (χ0v) is 16.0. The number of aryl methyl sites for hydroxylation is 1. The highest BCUT2D eigenvalue weighted by molar-refractivity contribution is 5.94. The van der Waals surface area contributed by atoms with Crippen LogP contribution in [0.4, 0.5) is 10.6 Å². The summed E-state index contributed by atoms with van der Waals surface area (Å²) >= 11 is 0. The lowest BCUT2D eigenvalue weighted by Gasteiger charge is -2.38. The second kappa shape index (κ2) is 8.70. The fraction of sp³-hybridized carbons (Fsp3) is 0.450. The van der Waals surface area contributed by atoms with Gasteiger partial charge in [-0.25, -0.2) is 4.79 Å². The quantitative estimate of drug-likeness (QED) is 0.881. The molecule has 0 bridgehead atoms. The minimum atomic E-state index is -0.122. The molecule has 7 nitrogen and oxygen atoms in total. The van der Waals surface area contributed by atoms with Crippen LogP contribution in [0, 0.1) is 0 Å². The van der Waals surface area contributed by atoms with Gasteiger partial charge in [0.1, 0.15) is 0 Å². The van der Waals surface area contributed by atoms with E-state index in [1.165, 1.54) is 0 Å². The van der Waals surface area contributed by atoms with Crippen LogP contribution >= 0.6 is 0 Å². The van der Waals surface area contributed by atoms with Gasteiger partial charge in [0.15, 0.2) is 5.82 Å². The van der Waals surface area contributed by atoms with Gasteiger partial charge in [-0.3, -0.25) is 14.8 Å². The smallest absolute Gasteiger partial charge is 0.323 e. The Balaban J connectivity index is 1.59. The Kier molecular flexibility index (Phi) is 6.11. The zero-order chi connectivity index (χ0) is 19.2. The second-order valence-corrected chi connectivity index (χ2v) is 6.89. The third-order valence-corrected chi connectivity index (χ3v) is 4.89. The Labute approximate surface area is 159 Å². The second-order valence-electron chi connectivity index (χ2n) is 6.89. The summed E-state index contributed by atoms with van der Waals surface area (Å²) in [4.78, 5) is 29.1. The Morgan fingerprint density at radius 3 is 2.48 bits per heavy atom. The number of carbonyl (C=O) groups excluding carboxylic acids is 2. The van der Waals surface area contributed by atoms with Gasteiger partial charge in [-0.15, -0.1) is 0 Å². The third kappa shape index (κ3) is 4.67. The van der Waals surface area contributed by atoms with E-state index >= 15 is 0 Å². The van der Waals surface area contributed by atoms with Crippen molar-refractivity contribution in [2.75, 3.05) is 25.0 Å². The zero-order valence-electron chi connectivity index (χ0n) is 16.0. The van der Waals surface area contributed by atoms with Crippen molar-refractivity contribution in [2.24, 2.45) is 7.05 Å². The van der Waals surface area contributed by atoms with Gasteiger partial charge >= 0.3 is 6.03 Å². The highest BCUT2D eigenvalue weighted by atomic mass is 16.2. The number of urea groups is 1. The lowest BCUT2D eigenvalue weighted by atomic mass is 10.0. The van der Waals surface area contributed by atoms with Crippen LogP contribution in [0.25, 0.3) is 0 Å². The molecule has 1 aliphatic rings. The minimum absolute atomic E-state index is 0.0639. The number of hydrogen-bond acceptors (Lipinski definition) is 3. The molecule has 0 aliphatic carbocycles. The van der Waals surface area contributed by atoms with Crippen molar-refractivity contribution in [2.45, 2.75) is 32.2 Å². The van der Waals surface area contributed by atoms with Gasteiger partial charge < -0.3 is 9.80 Å². The average molecular weight is 369 g/mol. The van der Waals surface area contributed by atoms with Crippen LogP contribution in [-0.4, -0.2) is 57.2 Å². The van der Waals surface area contributed by atoms with Crippen LogP contribution in [0.1, 0.15) is 36.5 Å². The average Bonchev–Trinajstić information content (AvgIpc) is 3.11. The van der Waals surface area contributed by atoms with Crippen molar-refractivity contribution in [1.29, 1.82) is 0 Å². The van der Waals surface area contributed by atoms with Crippen molar-refractivity contribution in [3.63, 3.8) is 0 Å². The number of rotatable bonds is 5. The summed E-state index contributed by atoms with van der Waals surface area (Å²) < 4.78 is 1.66. The number of carbonyl (C=O) groups is 2. The highest BCUT2D eigenvalue weighted by Gasteiger charge is 2.29. The first kappa shape index (κ1) is 18.9. The fourth-order valence-electron chi connectivity index (χ4n) is 3.50. The highest BCUT2D eigenvalue weighted by Crippen LogP contribution is 2.20. The molecule has 0 unspecified atom stereocenters. The molecular formula is C20H27N5O2. The van der Waals surface area contributed by atoms with Crippen molar-refractivity contribution < 1.29 is 9.59 Å². The van der Waals surface area contributed by atoms with E-state index < -0.39 is 0 Å². The minimum Gasteiger partial charge on any atom is -0.338 e.